The first-order valence-corrected chi connectivity index (χ1v) is 2.99. The number of hydrogen-bond acceptors (Lipinski definition) is 4. The van der Waals surface area contributed by atoms with Gasteiger partial charge in [-0.05, 0) is 0 Å². The maximum atomic E-state index is 7.72. The van der Waals surface area contributed by atoms with Crippen molar-refractivity contribution in [3.8, 4) is 5.81 Å². The van der Waals surface area contributed by atoms with E-state index in [1.54, 1.807) is 0 Å². The Morgan fingerprint density at radius 2 is 1.50 bits per heavy atom. The monoisotopic (exact) mass is 109 g/mol. The van der Waals surface area contributed by atoms with Crippen molar-refractivity contribution in [1.29, 1.82) is 5.26 Å². The minimum absolute atomic E-state index is 0.910. The molecule has 0 radical (unpaired) electrons. The first-order valence-electron chi connectivity index (χ1n) is 1.14. The van der Waals surface area contributed by atoms with Gasteiger partial charge in [0.15, 0.2) is 0 Å². The molecular formula is CH4NO3P. The summed E-state index contributed by atoms with van der Waals surface area (Å²) in [5.74, 6) is 0.910. The fourth-order valence-corrected chi connectivity index (χ4v) is 0. The van der Waals surface area contributed by atoms with Crippen LogP contribution >= 0.6 is 7.94 Å². The average Bonchev–Trinajstić information content (AvgIpc) is 1.35. The second-order valence-corrected chi connectivity index (χ2v) is 2.24. The van der Waals surface area contributed by atoms with Crippen LogP contribution in [0.2, 0.25) is 0 Å². The Labute approximate surface area is 34.9 Å². The molecule has 0 aliphatic heterocycles. The van der Waals surface area contributed by atoms with E-state index in [0.717, 1.165) is 5.81 Å². The van der Waals surface area contributed by atoms with Crippen LogP contribution in [0.3, 0.4) is 0 Å². The third-order valence-electron chi connectivity index (χ3n) is 0.150. The van der Waals surface area contributed by atoms with Gasteiger partial charge in [0, 0.05) is 0 Å². The standard InChI is InChI=1S/CH4NO3P/c2-1-6(3,4)5/h3-6H. The molecule has 0 spiro atoms. The zero-order chi connectivity index (χ0) is 5.21. The van der Waals surface area contributed by atoms with Crippen LogP contribution in [-0.2, 0) is 0 Å². The van der Waals surface area contributed by atoms with E-state index in [4.69, 9.17) is 19.9 Å². The van der Waals surface area contributed by atoms with E-state index in [-0.39, 0.29) is 0 Å². The molecular weight excluding hydrogens is 105 g/mol. The van der Waals surface area contributed by atoms with Gasteiger partial charge in [-0.15, -0.1) is 0 Å². The summed E-state index contributed by atoms with van der Waals surface area (Å²) < 4.78 is 0. The molecule has 0 aromatic carbocycles. The van der Waals surface area contributed by atoms with Gasteiger partial charge in [-0.25, -0.2) is 0 Å². The van der Waals surface area contributed by atoms with Gasteiger partial charge < -0.3 is 0 Å². The van der Waals surface area contributed by atoms with Crippen molar-refractivity contribution in [1.82, 2.24) is 0 Å². The third-order valence-corrected chi connectivity index (χ3v) is 0.450. The van der Waals surface area contributed by atoms with Gasteiger partial charge in [0.1, 0.15) is 0 Å². The van der Waals surface area contributed by atoms with Crippen molar-refractivity contribution in [2.45, 2.75) is 0 Å². The Hall–Kier alpha value is -0.200. The normalized spacial score (nSPS) is 13.0. The Morgan fingerprint density at radius 3 is 1.50 bits per heavy atom. The molecule has 36 valence electrons. The third kappa shape index (κ3) is 3.80. The molecule has 0 aliphatic rings. The quantitative estimate of drug-likeness (QED) is 0.346. The van der Waals surface area contributed by atoms with E-state index in [1.165, 1.54) is 0 Å². The molecule has 0 atom stereocenters. The van der Waals surface area contributed by atoms with Crippen LogP contribution in [0.4, 0.5) is 0 Å². The van der Waals surface area contributed by atoms with Crippen LogP contribution in [0.25, 0.3) is 0 Å². The summed E-state index contributed by atoms with van der Waals surface area (Å²) >= 11 is 0. The van der Waals surface area contributed by atoms with Crippen molar-refractivity contribution >= 4 is 7.94 Å². The SMILES string of the molecule is N#C[PH](O)(O)O. The number of rotatable bonds is 0. The molecule has 0 heterocycles. The Bertz CT molecular complexity index is 77.8. The molecule has 4 nitrogen and oxygen atoms in total. The van der Waals surface area contributed by atoms with Crippen LogP contribution in [0.5, 0.6) is 0 Å². The molecule has 0 bridgehead atoms. The van der Waals surface area contributed by atoms with Crippen molar-refractivity contribution < 1.29 is 14.7 Å². The topological polar surface area (TPSA) is 84.5 Å². The minimum atomic E-state index is -4.33. The molecule has 0 amide bonds. The van der Waals surface area contributed by atoms with E-state index < -0.39 is 7.94 Å². The summed E-state index contributed by atoms with van der Waals surface area (Å²) in [6.45, 7) is 0. The van der Waals surface area contributed by atoms with Crippen molar-refractivity contribution in [2.75, 3.05) is 0 Å². The summed E-state index contributed by atoms with van der Waals surface area (Å²) in [5, 5.41) is 7.46. The first-order chi connectivity index (χ1) is 2.56. The molecule has 0 saturated carbocycles. The second kappa shape index (κ2) is 1.50. The van der Waals surface area contributed by atoms with E-state index in [2.05, 4.69) is 0 Å². The van der Waals surface area contributed by atoms with Crippen molar-refractivity contribution in [3.05, 3.63) is 0 Å². The van der Waals surface area contributed by atoms with Gasteiger partial charge in [0.25, 0.3) is 0 Å². The fraction of sp³-hybridized carbons (Fsp3) is 0. The van der Waals surface area contributed by atoms with Gasteiger partial charge in [0.2, 0.25) is 0 Å². The van der Waals surface area contributed by atoms with Gasteiger partial charge in [-0.3, -0.25) is 0 Å². The summed E-state index contributed by atoms with van der Waals surface area (Å²) in [6, 6.07) is 0. The van der Waals surface area contributed by atoms with E-state index in [9.17, 15) is 0 Å². The summed E-state index contributed by atoms with van der Waals surface area (Å²) in [5.41, 5.74) is 0. The van der Waals surface area contributed by atoms with Crippen molar-refractivity contribution in [2.24, 2.45) is 0 Å². The predicted octanol–water partition coefficient (Wildman–Crippen LogP) is -1.06. The van der Waals surface area contributed by atoms with Crippen LogP contribution in [0.15, 0.2) is 0 Å². The fourth-order valence-electron chi connectivity index (χ4n) is 0. The molecule has 0 rings (SSSR count). The average molecular weight is 109 g/mol. The molecule has 0 aromatic heterocycles. The zero-order valence-corrected chi connectivity index (χ0v) is 3.79. The van der Waals surface area contributed by atoms with E-state index >= 15 is 0 Å². The number of nitrogens with zero attached hydrogens (tertiary/aromatic N) is 1. The Balaban J connectivity index is 3.55. The zero-order valence-electron chi connectivity index (χ0n) is 2.79. The molecule has 6 heavy (non-hydrogen) atoms. The number of hydrogen-bond donors (Lipinski definition) is 3. The van der Waals surface area contributed by atoms with Crippen molar-refractivity contribution in [3.63, 3.8) is 0 Å². The molecule has 0 unspecified atom stereocenters. The molecule has 0 fully saturated rings. The molecule has 5 heteroatoms. The van der Waals surface area contributed by atoms with Gasteiger partial charge in [-0.1, -0.05) is 0 Å². The Kier molecular flexibility index (Phi) is 1.45. The molecule has 0 saturated heterocycles. The summed E-state index contributed by atoms with van der Waals surface area (Å²) in [7, 11) is -4.33. The summed E-state index contributed by atoms with van der Waals surface area (Å²) in [6.07, 6.45) is 0. The van der Waals surface area contributed by atoms with Gasteiger partial charge in [-0.2, -0.15) is 0 Å². The summed E-state index contributed by atoms with van der Waals surface area (Å²) in [4.78, 5) is 23.1. The predicted molar refractivity (Wildman–Crippen MR) is 20.6 cm³/mol. The van der Waals surface area contributed by atoms with Crippen LogP contribution < -0.4 is 0 Å². The van der Waals surface area contributed by atoms with Gasteiger partial charge in [0.05, 0.1) is 0 Å². The maximum absolute atomic E-state index is 7.72. The van der Waals surface area contributed by atoms with Crippen LogP contribution in [-0.4, -0.2) is 14.7 Å². The first kappa shape index (κ1) is 5.80. The Morgan fingerprint density at radius 1 is 1.33 bits per heavy atom. The van der Waals surface area contributed by atoms with E-state index in [1.807, 2.05) is 0 Å². The van der Waals surface area contributed by atoms with Gasteiger partial charge >= 0.3 is 33.7 Å². The number of nitriles is 1. The second-order valence-electron chi connectivity index (χ2n) is 0.747. The molecule has 0 aromatic rings. The molecule has 0 aliphatic carbocycles. The van der Waals surface area contributed by atoms with Crippen LogP contribution in [0, 0.1) is 11.1 Å². The van der Waals surface area contributed by atoms with Crippen LogP contribution in [0.1, 0.15) is 0 Å². The molecule has 3 N–H and O–H groups in total. The van der Waals surface area contributed by atoms with E-state index in [0.29, 0.717) is 0 Å².